The largest absolute Gasteiger partial charge is 0.300 e. The Balaban J connectivity index is 1.42. The fourth-order valence-corrected chi connectivity index (χ4v) is 5.01. The van der Waals surface area contributed by atoms with Crippen molar-refractivity contribution < 1.29 is 0 Å². The van der Waals surface area contributed by atoms with Gasteiger partial charge in [0.15, 0.2) is 0 Å². The summed E-state index contributed by atoms with van der Waals surface area (Å²) < 4.78 is 0. The van der Waals surface area contributed by atoms with E-state index in [0.29, 0.717) is 0 Å². The van der Waals surface area contributed by atoms with E-state index in [0.717, 1.165) is 24.3 Å². The third-order valence-electron chi connectivity index (χ3n) is 6.14. The van der Waals surface area contributed by atoms with Crippen LogP contribution in [-0.4, -0.2) is 24.0 Å². The fraction of sp³-hybridized carbons (Fsp3) is 0.600. The van der Waals surface area contributed by atoms with Crippen molar-refractivity contribution in [3.63, 3.8) is 0 Å². The van der Waals surface area contributed by atoms with Crippen LogP contribution in [-0.2, 0) is 6.42 Å². The molecule has 2 bridgehead atoms. The molecule has 3 atom stereocenters. The smallest absolute Gasteiger partial charge is 0.0124 e. The molecule has 0 spiro atoms. The maximum atomic E-state index is 2.83. The molecule has 21 heavy (non-hydrogen) atoms. The van der Waals surface area contributed by atoms with Crippen molar-refractivity contribution in [1.29, 1.82) is 0 Å². The van der Waals surface area contributed by atoms with Gasteiger partial charge in [-0.3, -0.25) is 4.90 Å². The maximum Gasteiger partial charge on any atom is 0.0124 e. The zero-order valence-corrected chi connectivity index (χ0v) is 13.2. The lowest BCUT2D eigenvalue weighted by atomic mass is 9.71. The summed E-state index contributed by atoms with van der Waals surface area (Å²) in [7, 11) is 0. The topological polar surface area (TPSA) is 3.24 Å². The Morgan fingerprint density at radius 2 is 2.10 bits per heavy atom. The minimum absolute atomic E-state index is 0.886. The molecule has 0 aromatic heterocycles. The highest BCUT2D eigenvalue weighted by Crippen LogP contribution is 2.41. The van der Waals surface area contributed by atoms with E-state index < -0.39 is 0 Å². The normalized spacial score (nSPS) is 31.3. The Labute approximate surface area is 129 Å². The van der Waals surface area contributed by atoms with Crippen LogP contribution in [0.25, 0.3) is 5.57 Å². The number of piperidine rings is 2. The summed E-state index contributed by atoms with van der Waals surface area (Å²) in [5, 5.41) is 0. The number of hydrogen-bond donors (Lipinski definition) is 0. The molecular formula is C20H27N. The highest BCUT2D eigenvalue weighted by molar-refractivity contribution is 5.73. The highest BCUT2D eigenvalue weighted by atomic mass is 15.2. The van der Waals surface area contributed by atoms with Crippen LogP contribution in [0.2, 0.25) is 0 Å². The van der Waals surface area contributed by atoms with Gasteiger partial charge in [-0.15, -0.1) is 0 Å². The van der Waals surface area contributed by atoms with Crippen LogP contribution in [0.4, 0.5) is 0 Å². The van der Waals surface area contributed by atoms with Crippen molar-refractivity contribution >= 4 is 5.57 Å². The average molecular weight is 281 g/mol. The van der Waals surface area contributed by atoms with Crippen LogP contribution in [0.3, 0.4) is 0 Å². The molecule has 1 aromatic rings. The van der Waals surface area contributed by atoms with E-state index in [9.17, 15) is 0 Å². The number of hydrogen-bond acceptors (Lipinski definition) is 1. The van der Waals surface area contributed by atoms with Gasteiger partial charge in [-0.05, 0) is 60.6 Å². The lowest BCUT2D eigenvalue weighted by Crippen LogP contribution is -2.53. The van der Waals surface area contributed by atoms with Crippen molar-refractivity contribution in [1.82, 2.24) is 4.90 Å². The van der Waals surface area contributed by atoms with E-state index in [1.165, 1.54) is 56.3 Å². The number of benzene rings is 1. The third-order valence-corrected chi connectivity index (χ3v) is 6.14. The molecule has 3 fully saturated rings. The van der Waals surface area contributed by atoms with Crippen LogP contribution in [0.5, 0.6) is 0 Å². The van der Waals surface area contributed by atoms with Gasteiger partial charge in [0, 0.05) is 19.1 Å². The summed E-state index contributed by atoms with van der Waals surface area (Å²) >= 11 is 0. The monoisotopic (exact) mass is 281 g/mol. The Hall–Kier alpha value is -1.08. The lowest BCUT2D eigenvalue weighted by molar-refractivity contribution is 0.00143. The van der Waals surface area contributed by atoms with E-state index in [1.54, 1.807) is 5.57 Å². The summed E-state index contributed by atoms with van der Waals surface area (Å²) in [4.78, 5) is 2.83. The molecule has 2 heterocycles. The molecule has 0 N–H and O–H groups in total. The molecular weight excluding hydrogens is 254 g/mol. The van der Waals surface area contributed by atoms with Gasteiger partial charge >= 0.3 is 0 Å². The molecule has 4 aliphatic rings. The zero-order valence-electron chi connectivity index (χ0n) is 13.2. The highest BCUT2D eigenvalue weighted by Gasteiger charge is 2.39. The van der Waals surface area contributed by atoms with Gasteiger partial charge in [-0.2, -0.15) is 0 Å². The molecule has 1 nitrogen and oxygen atoms in total. The maximum absolute atomic E-state index is 2.83. The van der Waals surface area contributed by atoms with Gasteiger partial charge in [0.1, 0.15) is 0 Å². The second-order valence-corrected chi connectivity index (χ2v) is 7.25. The standard InChI is InChI=1S/C20H27N/c1-2-16-13-15-7-10-20(16)21(14-15)12-11-18-9-8-17-5-3-4-6-19(17)18/h3-6,9,15-16,20H,2,7-8,10-14H2,1H3. The van der Waals surface area contributed by atoms with Crippen molar-refractivity contribution in [2.45, 2.75) is 51.5 Å². The Morgan fingerprint density at radius 1 is 1.19 bits per heavy atom. The van der Waals surface area contributed by atoms with E-state index in [1.807, 2.05) is 0 Å². The first kappa shape index (κ1) is 13.6. The summed E-state index contributed by atoms with van der Waals surface area (Å²) in [5.74, 6) is 1.96. The first-order chi connectivity index (χ1) is 10.3. The molecule has 2 saturated heterocycles. The van der Waals surface area contributed by atoms with Crippen molar-refractivity contribution in [3.8, 4) is 0 Å². The molecule has 3 unspecified atom stereocenters. The number of nitrogens with zero attached hydrogens (tertiary/aromatic N) is 1. The number of rotatable bonds is 4. The predicted molar refractivity (Wildman–Crippen MR) is 89.2 cm³/mol. The van der Waals surface area contributed by atoms with Gasteiger partial charge < -0.3 is 0 Å². The first-order valence-electron chi connectivity index (χ1n) is 8.86. The van der Waals surface area contributed by atoms with Crippen LogP contribution in [0, 0.1) is 11.8 Å². The van der Waals surface area contributed by atoms with E-state index in [4.69, 9.17) is 0 Å². The second-order valence-electron chi connectivity index (χ2n) is 7.25. The summed E-state index contributed by atoms with van der Waals surface area (Å²) in [6.45, 7) is 5.03. The summed E-state index contributed by atoms with van der Waals surface area (Å²) in [6.07, 6.45) is 10.7. The van der Waals surface area contributed by atoms with Crippen molar-refractivity contribution in [3.05, 3.63) is 41.5 Å². The Kier molecular flexibility index (Phi) is 3.62. The summed E-state index contributed by atoms with van der Waals surface area (Å²) in [5.41, 5.74) is 4.64. The molecule has 0 radical (unpaired) electrons. The number of allylic oxidation sites excluding steroid dienone is 1. The van der Waals surface area contributed by atoms with Crippen LogP contribution < -0.4 is 0 Å². The molecule has 0 amide bonds. The first-order valence-corrected chi connectivity index (χ1v) is 8.86. The van der Waals surface area contributed by atoms with E-state index in [-0.39, 0.29) is 0 Å². The van der Waals surface area contributed by atoms with Gasteiger partial charge in [0.2, 0.25) is 0 Å². The van der Waals surface area contributed by atoms with Gasteiger partial charge in [0.05, 0.1) is 0 Å². The molecule has 5 rings (SSSR count). The number of fused-ring (bicyclic) bond motifs is 4. The molecule has 1 heteroatoms. The molecule has 1 aromatic carbocycles. The lowest BCUT2D eigenvalue weighted by Gasteiger charge is -2.50. The quantitative estimate of drug-likeness (QED) is 0.784. The minimum atomic E-state index is 0.886. The zero-order chi connectivity index (χ0) is 14.2. The second kappa shape index (κ2) is 5.61. The van der Waals surface area contributed by atoms with E-state index in [2.05, 4.69) is 42.2 Å². The predicted octanol–water partition coefficient (Wildman–Crippen LogP) is 4.53. The molecule has 1 saturated carbocycles. The Morgan fingerprint density at radius 3 is 2.95 bits per heavy atom. The van der Waals surface area contributed by atoms with Crippen LogP contribution in [0.15, 0.2) is 30.3 Å². The van der Waals surface area contributed by atoms with E-state index >= 15 is 0 Å². The average Bonchev–Trinajstić information content (AvgIpc) is 2.96. The van der Waals surface area contributed by atoms with Crippen LogP contribution in [0.1, 0.15) is 50.2 Å². The van der Waals surface area contributed by atoms with Gasteiger partial charge in [-0.25, -0.2) is 0 Å². The van der Waals surface area contributed by atoms with Gasteiger partial charge in [0.25, 0.3) is 0 Å². The molecule has 2 aliphatic heterocycles. The van der Waals surface area contributed by atoms with Crippen molar-refractivity contribution in [2.24, 2.45) is 11.8 Å². The van der Waals surface area contributed by atoms with Crippen LogP contribution >= 0.6 is 0 Å². The minimum Gasteiger partial charge on any atom is -0.300 e. The Bertz CT molecular complexity index is 545. The summed E-state index contributed by atoms with van der Waals surface area (Å²) in [6, 6.07) is 9.84. The molecule has 112 valence electrons. The fourth-order valence-electron chi connectivity index (χ4n) is 5.01. The van der Waals surface area contributed by atoms with Crippen molar-refractivity contribution in [2.75, 3.05) is 13.1 Å². The SMILES string of the molecule is CCC1CC2CCC1N(CCC1=CCc3ccccc31)C2. The van der Waals surface area contributed by atoms with Gasteiger partial charge in [-0.1, -0.05) is 43.7 Å². The third kappa shape index (κ3) is 2.46. The molecule has 2 aliphatic carbocycles.